The molecule has 1 aromatic heterocycles. The van der Waals surface area contributed by atoms with E-state index in [4.69, 9.17) is 14.3 Å². The lowest BCUT2D eigenvalue weighted by molar-refractivity contribution is 0.00578. The summed E-state index contributed by atoms with van der Waals surface area (Å²) < 4.78 is 13.1. The highest BCUT2D eigenvalue weighted by molar-refractivity contribution is 8.04. The van der Waals surface area contributed by atoms with Crippen LogP contribution in [-0.4, -0.2) is 37.7 Å². The van der Waals surface area contributed by atoms with E-state index in [2.05, 4.69) is 63.2 Å². The molecule has 4 heterocycles. The van der Waals surface area contributed by atoms with Gasteiger partial charge in [0.05, 0.1) is 26.9 Å². The molecule has 3 saturated heterocycles. The van der Waals surface area contributed by atoms with E-state index in [1.54, 1.807) is 0 Å². The second-order valence-electron chi connectivity index (χ2n) is 10.0. The van der Waals surface area contributed by atoms with Crippen LogP contribution in [0.4, 0.5) is 0 Å². The first-order chi connectivity index (χ1) is 13.7. The zero-order valence-corrected chi connectivity index (χ0v) is 18.8. The molecular weight excluding hydrogens is 379 g/mol. The summed E-state index contributed by atoms with van der Waals surface area (Å²) >= 11 is 2.07. The third-order valence-electron chi connectivity index (χ3n) is 7.67. The predicted octanol–water partition coefficient (Wildman–Crippen LogP) is 5.79. The summed E-state index contributed by atoms with van der Waals surface area (Å²) in [7, 11) is -0.166. The number of nitrogens with zero attached hydrogens (tertiary/aromatic N) is 1. The van der Waals surface area contributed by atoms with Crippen LogP contribution in [0.15, 0.2) is 30.8 Å². The third-order valence-corrected chi connectivity index (χ3v) is 9.72. The summed E-state index contributed by atoms with van der Waals surface area (Å²) in [6.07, 6.45) is 6.93. The van der Waals surface area contributed by atoms with E-state index in [-0.39, 0.29) is 27.7 Å². The molecule has 3 fully saturated rings. The first-order valence-electron chi connectivity index (χ1n) is 10.9. The molecule has 29 heavy (non-hydrogen) atoms. The molecule has 0 unspecified atom stereocenters. The van der Waals surface area contributed by atoms with Gasteiger partial charge in [0, 0.05) is 10.3 Å². The third kappa shape index (κ3) is 2.94. The average Bonchev–Trinajstić information content (AvgIpc) is 3.19. The quantitative estimate of drug-likeness (QED) is 0.651. The van der Waals surface area contributed by atoms with E-state index in [0.717, 1.165) is 48.1 Å². The largest absolute Gasteiger partial charge is 0.475 e. The van der Waals surface area contributed by atoms with E-state index in [1.165, 1.54) is 12.8 Å². The van der Waals surface area contributed by atoms with Gasteiger partial charge in [0.15, 0.2) is 0 Å². The van der Waals surface area contributed by atoms with Crippen molar-refractivity contribution in [3.63, 3.8) is 0 Å². The normalized spacial score (nSPS) is 33.2. The van der Waals surface area contributed by atoms with Crippen LogP contribution in [0, 0.1) is 0 Å². The van der Waals surface area contributed by atoms with Crippen molar-refractivity contribution in [3.8, 4) is 0 Å². The second kappa shape index (κ2) is 6.38. The van der Waals surface area contributed by atoms with Crippen LogP contribution in [-0.2, 0) is 9.31 Å². The van der Waals surface area contributed by atoms with Crippen molar-refractivity contribution in [2.75, 3.05) is 0 Å². The molecule has 4 nitrogen and oxygen atoms in total. The second-order valence-corrected chi connectivity index (χ2v) is 11.8. The zero-order valence-electron chi connectivity index (χ0n) is 18.0. The molecule has 5 rings (SSSR count). The molecule has 154 valence electrons. The van der Waals surface area contributed by atoms with Crippen LogP contribution in [0.25, 0.3) is 16.6 Å². The maximum absolute atomic E-state index is 6.56. The van der Waals surface area contributed by atoms with Gasteiger partial charge in [-0.1, -0.05) is 31.6 Å². The van der Waals surface area contributed by atoms with E-state index >= 15 is 0 Å². The lowest BCUT2D eigenvalue weighted by atomic mass is 9.63. The highest BCUT2D eigenvalue weighted by Gasteiger charge is 2.64. The molecule has 6 heteroatoms. The fourth-order valence-corrected chi connectivity index (χ4v) is 7.38. The van der Waals surface area contributed by atoms with Crippen LogP contribution in [0.1, 0.15) is 72.0 Å². The standard InChI is InChI=1S/C23H31BN2O2S/c1-16(19-25-17-10-6-7-11-18(17)26-19)22-12-8-14-23(29-22,15-9-13-22)24-27-20(2,3)21(4,5)28-24/h6-7,10-11H,1,8-9,12-15H2,2-5H3,(H,25,26). The molecular formula is C23H31BN2O2S. The van der Waals surface area contributed by atoms with Crippen LogP contribution >= 0.6 is 11.8 Å². The lowest BCUT2D eigenvalue weighted by Gasteiger charge is -2.52. The highest BCUT2D eigenvalue weighted by atomic mass is 32.2. The Morgan fingerprint density at radius 2 is 1.66 bits per heavy atom. The minimum absolute atomic E-state index is 0.00348. The maximum atomic E-state index is 6.56. The number of benzene rings is 1. The Hall–Kier alpha value is -1.24. The molecule has 2 bridgehead atoms. The van der Waals surface area contributed by atoms with E-state index in [9.17, 15) is 0 Å². The Balaban J connectivity index is 1.47. The van der Waals surface area contributed by atoms with Crippen molar-refractivity contribution in [2.24, 2.45) is 0 Å². The molecule has 1 N–H and O–H groups in total. The molecule has 0 saturated carbocycles. The van der Waals surface area contributed by atoms with Crippen molar-refractivity contribution >= 4 is 35.5 Å². The number of aromatic amines is 1. The maximum Gasteiger partial charge on any atom is 0.475 e. The van der Waals surface area contributed by atoms with Gasteiger partial charge < -0.3 is 14.3 Å². The molecule has 1 aromatic carbocycles. The van der Waals surface area contributed by atoms with Gasteiger partial charge >= 0.3 is 7.12 Å². The van der Waals surface area contributed by atoms with Gasteiger partial charge in [0.1, 0.15) is 5.82 Å². The summed E-state index contributed by atoms with van der Waals surface area (Å²) in [5.74, 6) is 0.935. The average molecular weight is 410 g/mol. The Labute approximate surface area is 178 Å². The van der Waals surface area contributed by atoms with Gasteiger partial charge in [-0.15, -0.1) is 11.8 Å². The Morgan fingerprint density at radius 3 is 2.28 bits per heavy atom. The van der Waals surface area contributed by atoms with Gasteiger partial charge in [0.25, 0.3) is 0 Å². The Bertz CT molecular complexity index is 908. The first kappa shape index (κ1) is 19.7. The number of H-pyrrole nitrogens is 1. The number of fused-ring (bicyclic) bond motifs is 3. The van der Waals surface area contributed by atoms with E-state index in [0.29, 0.717) is 0 Å². The minimum atomic E-state index is -0.291. The molecule has 0 radical (unpaired) electrons. The summed E-state index contributed by atoms with van der Waals surface area (Å²) in [4.78, 5) is 8.38. The number of rotatable bonds is 3. The highest BCUT2D eigenvalue weighted by Crippen LogP contribution is 2.62. The Morgan fingerprint density at radius 1 is 1.03 bits per heavy atom. The number of imidazole rings is 1. The summed E-state index contributed by atoms with van der Waals surface area (Å²) in [5.41, 5.74) is 2.64. The molecule has 3 aliphatic heterocycles. The molecule has 2 aromatic rings. The first-order valence-corrected chi connectivity index (χ1v) is 11.7. The van der Waals surface area contributed by atoms with E-state index in [1.807, 2.05) is 12.1 Å². The lowest BCUT2D eigenvalue weighted by Crippen LogP contribution is -2.54. The van der Waals surface area contributed by atoms with E-state index < -0.39 is 0 Å². The smallest absolute Gasteiger partial charge is 0.402 e. The van der Waals surface area contributed by atoms with Crippen LogP contribution < -0.4 is 0 Å². The number of para-hydroxylation sites is 2. The minimum Gasteiger partial charge on any atom is -0.402 e. The summed E-state index contributed by atoms with van der Waals surface area (Å²) in [6, 6.07) is 8.22. The van der Waals surface area contributed by atoms with Gasteiger partial charge in [-0.25, -0.2) is 4.98 Å². The number of aromatic nitrogens is 2. The van der Waals surface area contributed by atoms with Crippen molar-refractivity contribution in [1.82, 2.24) is 9.97 Å². The number of thioether (sulfide) groups is 1. The van der Waals surface area contributed by atoms with Crippen molar-refractivity contribution in [2.45, 2.75) is 86.8 Å². The number of nitrogens with one attached hydrogen (secondary N) is 1. The molecule has 0 amide bonds. The predicted molar refractivity (Wildman–Crippen MR) is 122 cm³/mol. The summed E-state index contributed by atoms with van der Waals surface area (Å²) in [5, 5.41) is 0. The van der Waals surface area contributed by atoms with Crippen molar-refractivity contribution in [3.05, 3.63) is 36.7 Å². The fourth-order valence-electron chi connectivity index (χ4n) is 5.21. The zero-order chi connectivity index (χ0) is 20.5. The van der Waals surface area contributed by atoms with Crippen molar-refractivity contribution in [1.29, 1.82) is 0 Å². The Kier molecular flexibility index (Phi) is 4.34. The van der Waals surface area contributed by atoms with Gasteiger partial charge in [-0.3, -0.25) is 0 Å². The molecule has 0 spiro atoms. The van der Waals surface area contributed by atoms with Crippen LogP contribution in [0.3, 0.4) is 0 Å². The SMILES string of the molecule is C=C(c1nc2ccccc2[nH]1)C12CCCC(B3OC(C)(C)C(C)(C)O3)(CCC1)S2. The van der Waals surface area contributed by atoms with Crippen molar-refractivity contribution < 1.29 is 9.31 Å². The van der Waals surface area contributed by atoms with Gasteiger partial charge in [0.2, 0.25) is 0 Å². The van der Waals surface area contributed by atoms with Crippen LogP contribution in [0.5, 0.6) is 0 Å². The number of hydrogen-bond acceptors (Lipinski definition) is 4. The van der Waals surface area contributed by atoms with Gasteiger partial charge in [-0.05, 0) is 65.5 Å². The molecule has 0 atom stereocenters. The monoisotopic (exact) mass is 410 g/mol. The van der Waals surface area contributed by atoms with Gasteiger partial charge in [-0.2, -0.15) is 0 Å². The topological polar surface area (TPSA) is 47.1 Å². The molecule has 3 aliphatic rings. The fraction of sp³-hybridized carbons (Fsp3) is 0.609. The summed E-state index contributed by atoms with van der Waals surface area (Å²) in [6.45, 7) is 13.2. The van der Waals surface area contributed by atoms with Crippen LogP contribution in [0.2, 0.25) is 0 Å². The molecule has 0 aliphatic carbocycles. The number of hydrogen-bond donors (Lipinski definition) is 1.